The molecule has 0 radical (unpaired) electrons. The van der Waals surface area contributed by atoms with Crippen LogP contribution >= 0.6 is 11.8 Å². The van der Waals surface area contributed by atoms with E-state index in [1.54, 1.807) is 6.07 Å². The van der Waals surface area contributed by atoms with E-state index in [0.717, 1.165) is 0 Å². The number of esters is 1. The predicted molar refractivity (Wildman–Crippen MR) is 90.3 cm³/mol. The highest BCUT2D eigenvalue weighted by Crippen LogP contribution is 2.27. The first-order valence-corrected chi connectivity index (χ1v) is 8.16. The number of nitrogens with zero attached hydrogens (tertiary/aromatic N) is 1. The van der Waals surface area contributed by atoms with Crippen LogP contribution in [0.3, 0.4) is 0 Å². The Bertz CT molecular complexity index is 800. The molecule has 0 fully saturated rings. The number of ketones is 1. The van der Waals surface area contributed by atoms with Crippen molar-refractivity contribution in [2.45, 2.75) is 10.8 Å². The molecule has 0 saturated carbocycles. The number of ether oxygens (including phenoxy) is 3. The van der Waals surface area contributed by atoms with Crippen LogP contribution in [0.4, 0.5) is 8.78 Å². The van der Waals surface area contributed by atoms with E-state index in [-0.39, 0.29) is 33.7 Å². The van der Waals surface area contributed by atoms with Gasteiger partial charge < -0.3 is 14.2 Å². The Hall–Kier alpha value is -2.68. The number of halogens is 2. The van der Waals surface area contributed by atoms with Gasteiger partial charge in [-0.3, -0.25) is 4.79 Å². The van der Waals surface area contributed by atoms with E-state index in [1.807, 2.05) is 0 Å². The van der Waals surface area contributed by atoms with Gasteiger partial charge in [-0.2, -0.15) is 8.78 Å². The highest BCUT2D eigenvalue weighted by atomic mass is 32.2. The molecule has 0 aliphatic heterocycles. The topological polar surface area (TPSA) is 74.7 Å². The minimum Gasteiger partial charge on any atom is -0.497 e. The third-order valence-electron chi connectivity index (χ3n) is 3.24. The number of hydrogen-bond acceptors (Lipinski definition) is 7. The van der Waals surface area contributed by atoms with Crippen LogP contribution in [0.2, 0.25) is 0 Å². The van der Waals surface area contributed by atoms with Crippen molar-refractivity contribution in [3.05, 3.63) is 47.7 Å². The van der Waals surface area contributed by atoms with E-state index in [0.29, 0.717) is 5.75 Å². The summed E-state index contributed by atoms with van der Waals surface area (Å²) in [6, 6.07) is 7.29. The smallest absolute Gasteiger partial charge is 0.341 e. The van der Waals surface area contributed by atoms with Gasteiger partial charge in [0, 0.05) is 12.3 Å². The summed E-state index contributed by atoms with van der Waals surface area (Å²) in [6.07, 6.45) is 1.29. The maximum absolute atomic E-state index is 12.5. The molecule has 2 aromatic rings. The second-order valence-corrected chi connectivity index (χ2v) is 5.78. The van der Waals surface area contributed by atoms with Crippen molar-refractivity contribution in [1.29, 1.82) is 0 Å². The molecule has 0 N–H and O–H groups in total. The summed E-state index contributed by atoms with van der Waals surface area (Å²) < 4.78 is 40.2. The van der Waals surface area contributed by atoms with Crippen LogP contribution in [0.15, 0.2) is 41.6 Å². The number of alkyl halides is 2. The van der Waals surface area contributed by atoms with Gasteiger partial charge in [0.2, 0.25) is 5.78 Å². The van der Waals surface area contributed by atoms with Gasteiger partial charge in [-0.05, 0) is 36.0 Å². The maximum Gasteiger partial charge on any atom is 0.341 e. The van der Waals surface area contributed by atoms with Crippen LogP contribution in [0.5, 0.6) is 11.5 Å². The molecule has 0 saturated heterocycles. The molecule has 6 nitrogen and oxygen atoms in total. The van der Waals surface area contributed by atoms with Gasteiger partial charge >= 0.3 is 5.97 Å². The van der Waals surface area contributed by atoms with Crippen LogP contribution in [0.25, 0.3) is 0 Å². The van der Waals surface area contributed by atoms with E-state index in [2.05, 4.69) is 4.98 Å². The highest BCUT2D eigenvalue weighted by molar-refractivity contribution is 7.99. The van der Waals surface area contributed by atoms with Crippen LogP contribution in [0, 0.1) is 0 Å². The lowest BCUT2D eigenvalue weighted by atomic mass is 10.1. The first-order chi connectivity index (χ1) is 12.5. The summed E-state index contributed by atoms with van der Waals surface area (Å²) in [5, 5.41) is -0.165. The second kappa shape index (κ2) is 9.14. The van der Waals surface area contributed by atoms with E-state index < -0.39 is 24.1 Å². The molecule has 0 spiro atoms. The maximum atomic E-state index is 12.5. The van der Waals surface area contributed by atoms with Crippen LogP contribution in [0.1, 0.15) is 20.7 Å². The number of thioether (sulfide) groups is 1. The molecule has 0 atom stereocenters. The zero-order chi connectivity index (χ0) is 19.1. The van der Waals surface area contributed by atoms with E-state index >= 15 is 0 Å². The standard InChI is InChI=1S/C17H15F2NO5S/c1-23-10-5-6-11(14(8-10)24-2)13(21)9-25-16(22)12-4-3-7-20-15(12)26-17(18)19/h3-8,17H,9H2,1-2H3. The van der Waals surface area contributed by atoms with Gasteiger partial charge in [0.05, 0.1) is 25.3 Å². The molecule has 26 heavy (non-hydrogen) atoms. The molecule has 0 unspecified atom stereocenters. The summed E-state index contributed by atoms with van der Waals surface area (Å²) in [5.41, 5.74) is 0.0711. The van der Waals surface area contributed by atoms with Crippen molar-refractivity contribution in [2.75, 3.05) is 20.8 Å². The number of benzene rings is 1. The van der Waals surface area contributed by atoms with Gasteiger partial charge in [-0.1, -0.05) is 0 Å². The first kappa shape index (κ1) is 19.6. The lowest BCUT2D eigenvalue weighted by molar-refractivity contribution is 0.0469. The third-order valence-corrected chi connectivity index (χ3v) is 3.96. The Labute approximate surface area is 152 Å². The first-order valence-electron chi connectivity index (χ1n) is 7.28. The zero-order valence-electron chi connectivity index (χ0n) is 13.9. The van der Waals surface area contributed by atoms with Crippen molar-refractivity contribution in [3.63, 3.8) is 0 Å². The summed E-state index contributed by atoms with van der Waals surface area (Å²) in [6.45, 7) is -0.574. The normalized spacial score (nSPS) is 10.5. The average molecular weight is 383 g/mol. The number of Topliss-reactive ketones (excluding diaryl/α,β-unsaturated/α-hetero) is 1. The molecule has 9 heteroatoms. The number of aromatic nitrogens is 1. The number of methoxy groups -OCH3 is 2. The van der Waals surface area contributed by atoms with Crippen LogP contribution < -0.4 is 9.47 Å². The summed E-state index contributed by atoms with van der Waals surface area (Å²) >= 11 is 0.130. The number of carbonyl (C=O) groups is 2. The molecule has 0 aliphatic carbocycles. The van der Waals surface area contributed by atoms with Crippen molar-refractivity contribution in [3.8, 4) is 11.5 Å². The molecular formula is C17H15F2NO5S. The third kappa shape index (κ3) is 4.92. The Morgan fingerprint density at radius 1 is 1.15 bits per heavy atom. The molecule has 0 amide bonds. The number of hydrogen-bond donors (Lipinski definition) is 0. The molecule has 1 aromatic carbocycles. The highest BCUT2D eigenvalue weighted by Gasteiger charge is 2.20. The van der Waals surface area contributed by atoms with Gasteiger partial charge in [-0.15, -0.1) is 0 Å². The number of rotatable bonds is 8. The Balaban J connectivity index is 2.09. The Kier molecular flexibility index (Phi) is 6.90. The lowest BCUT2D eigenvalue weighted by Crippen LogP contribution is -2.16. The van der Waals surface area contributed by atoms with Crippen molar-refractivity contribution in [2.24, 2.45) is 0 Å². The van der Waals surface area contributed by atoms with E-state index in [4.69, 9.17) is 14.2 Å². The van der Waals surface area contributed by atoms with Crippen molar-refractivity contribution < 1.29 is 32.6 Å². The minimum absolute atomic E-state index is 0.130. The lowest BCUT2D eigenvalue weighted by Gasteiger charge is -2.11. The van der Waals surface area contributed by atoms with Gasteiger partial charge in [-0.25, -0.2) is 9.78 Å². The molecule has 0 bridgehead atoms. The summed E-state index contributed by atoms with van der Waals surface area (Å²) in [7, 11) is 2.86. The predicted octanol–water partition coefficient (Wildman–Crippen LogP) is 3.45. The SMILES string of the molecule is COc1ccc(C(=O)COC(=O)c2cccnc2SC(F)F)c(OC)c1. The fourth-order valence-corrected chi connectivity index (χ4v) is 2.61. The van der Waals surface area contributed by atoms with Crippen LogP contribution in [-0.2, 0) is 4.74 Å². The molecule has 1 aromatic heterocycles. The largest absolute Gasteiger partial charge is 0.497 e. The molecular weight excluding hydrogens is 368 g/mol. The van der Waals surface area contributed by atoms with Gasteiger partial charge in [0.15, 0.2) is 6.61 Å². The Morgan fingerprint density at radius 3 is 2.58 bits per heavy atom. The summed E-state index contributed by atoms with van der Waals surface area (Å²) in [4.78, 5) is 28.1. The monoisotopic (exact) mass is 383 g/mol. The fraction of sp³-hybridized carbons (Fsp3) is 0.235. The Morgan fingerprint density at radius 2 is 1.92 bits per heavy atom. The number of pyridine rings is 1. The average Bonchev–Trinajstić information content (AvgIpc) is 2.65. The van der Waals surface area contributed by atoms with Crippen molar-refractivity contribution in [1.82, 2.24) is 4.98 Å². The van der Waals surface area contributed by atoms with Crippen molar-refractivity contribution >= 4 is 23.5 Å². The van der Waals surface area contributed by atoms with E-state index in [1.165, 1.54) is 44.7 Å². The minimum atomic E-state index is -2.73. The molecule has 0 aliphatic rings. The molecule has 138 valence electrons. The zero-order valence-corrected chi connectivity index (χ0v) is 14.7. The fourth-order valence-electron chi connectivity index (χ4n) is 2.04. The van der Waals surface area contributed by atoms with Gasteiger partial charge in [0.1, 0.15) is 16.5 Å². The van der Waals surface area contributed by atoms with Crippen LogP contribution in [-0.4, -0.2) is 43.3 Å². The van der Waals surface area contributed by atoms with E-state index in [9.17, 15) is 18.4 Å². The second-order valence-electron chi connectivity index (χ2n) is 4.80. The quantitative estimate of drug-likeness (QED) is 0.393. The van der Waals surface area contributed by atoms with Gasteiger partial charge in [0.25, 0.3) is 5.76 Å². The summed E-state index contributed by atoms with van der Waals surface area (Å²) in [5.74, 6) is -3.39. The number of carbonyl (C=O) groups excluding carboxylic acids is 2. The molecule has 2 rings (SSSR count). The molecule has 1 heterocycles.